The van der Waals surface area contributed by atoms with Gasteiger partial charge in [0.1, 0.15) is 0 Å². The van der Waals surface area contributed by atoms with E-state index in [0.717, 1.165) is 5.56 Å². The van der Waals surface area contributed by atoms with Crippen molar-refractivity contribution in [2.24, 2.45) is 0 Å². The molecule has 0 aliphatic heterocycles. The Balaban J connectivity index is 2.77. The Kier molecular flexibility index (Phi) is 3.51. The molecule has 0 aliphatic rings. The number of aromatic carboxylic acids is 1. The van der Waals surface area contributed by atoms with E-state index in [2.05, 4.69) is 4.98 Å². The average Bonchev–Trinajstić information content (AvgIpc) is 2.79. The maximum Gasteiger partial charge on any atom is 0.338 e. The third-order valence-electron chi connectivity index (χ3n) is 3.03. The van der Waals surface area contributed by atoms with Crippen molar-refractivity contribution in [2.75, 3.05) is 0 Å². The normalized spacial score (nSPS) is 10.7. The zero-order valence-electron chi connectivity index (χ0n) is 10.8. The standard InChI is InChI=1S/C15H15NO3/c1-9(2)14-13(15(18)19)12(11(8-17)16-14)10-6-4-3-5-7-10/h3-9,16H,1-2H3,(H,18,19). The van der Waals surface area contributed by atoms with Crippen LogP contribution in [0.25, 0.3) is 11.1 Å². The summed E-state index contributed by atoms with van der Waals surface area (Å²) < 4.78 is 0. The lowest BCUT2D eigenvalue weighted by Gasteiger charge is -2.06. The summed E-state index contributed by atoms with van der Waals surface area (Å²) in [7, 11) is 0. The molecule has 0 aliphatic carbocycles. The van der Waals surface area contributed by atoms with Gasteiger partial charge in [-0.25, -0.2) is 4.79 Å². The fourth-order valence-corrected chi connectivity index (χ4v) is 2.19. The Hall–Kier alpha value is -2.36. The first kappa shape index (κ1) is 13.1. The highest BCUT2D eigenvalue weighted by molar-refractivity contribution is 6.02. The number of benzene rings is 1. The largest absolute Gasteiger partial charge is 0.478 e. The second-order valence-corrected chi connectivity index (χ2v) is 4.65. The van der Waals surface area contributed by atoms with Gasteiger partial charge in [-0.1, -0.05) is 44.2 Å². The number of aromatic amines is 1. The minimum atomic E-state index is -1.02. The van der Waals surface area contributed by atoms with Gasteiger partial charge < -0.3 is 10.1 Å². The molecule has 0 spiro atoms. The van der Waals surface area contributed by atoms with Crippen LogP contribution < -0.4 is 0 Å². The summed E-state index contributed by atoms with van der Waals surface area (Å²) in [4.78, 5) is 25.6. The fourth-order valence-electron chi connectivity index (χ4n) is 2.19. The summed E-state index contributed by atoms with van der Waals surface area (Å²) in [6.07, 6.45) is 0.667. The number of carboxylic acid groups (broad SMARTS) is 1. The second-order valence-electron chi connectivity index (χ2n) is 4.65. The number of aldehydes is 1. The zero-order chi connectivity index (χ0) is 14.0. The minimum Gasteiger partial charge on any atom is -0.478 e. The molecule has 0 saturated carbocycles. The van der Waals surface area contributed by atoms with Gasteiger partial charge in [-0.3, -0.25) is 4.79 Å². The fraction of sp³-hybridized carbons (Fsp3) is 0.200. The predicted octanol–water partition coefficient (Wildman–Crippen LogP) is 3.32. The maximum atomic E-state index is 11.5. The Labute approximate surface area is 111 Å². The lowest BCUT2D eigenvalue weighted by molar-refractivity contribution is 0.0696. The van der Waals surface area contributed by atoms with E-state index >= 15 is 0 Å². The average molecular weight is 257 g/mol. The highest BCUT2D eigenvalue weighted by Crippen LogP contribution is 2.32. The summed E-state index contributed by atoms with van der Waals surface area (Å²) in [6, 6.07) is 9.08. The number of H-pyrrole nitrogens is 1. The van der Waals surface area contributed by atoms with Crippen molar-refractivity contribution in [3.63, 3.8) is 0 Å². The number of carboxylic acids is 1. The number of rotatable bonds is 4. The molecule has 19 heavy (non-hydrogen) atoms. The second kappa shape index (κ2) is 5.10. The van der Waals surface area contributed by atoms with E-state index < -0.39 is 5.97 Å². The van der Waals surface area contributed by atoms with Gasteiger partial charge in [0.05, 0.1) is 11.3 Å². The van der Waals surface area contributed by atoms with Crippen LogP contribution in [0.1, 0.15) is 46.3 Å². The van der Waals surface area contributed by atoms with Crippen molar-refractivity contribution in [1.29, 1.82) is 0 Å². The van der Waals surface area contributed by atoms with Gasteiger partial charge in [0.15, 0.2) is 6.29 Å². The van der Waals surface area contributed by atoms with Gasteiger partial charge in [-0.05, 0) is 11.5 Å². The number of aromatic nitrogens is 1. The molecule has 4 nitrogen and oxygen atoms in total. The molecule has 98 valence electrons. The molecule has 4 heteroatoms. The summed E-state index contributed by atoms with van der Waals surface area (Å²) in [5.41, 5.74) is 2.26. The summed E-state index contributed by atoms with van der Waals surface area (Å²) >= 11 is 0. The predicted molar refractivity (Wildman–Crippen MR) is 72.7 cm³/mol. The minimum absolute atomic E-state index is 0.00209. The van der Waals surface area contributed by atoms with E-state index in [1.807, 2.05) is 32.0 Å². The summed E-state index contributed by atoms with van der Waals surface area (Å²) in [5, 5.41) is 9.43. The van der Waals surface area contributed by atoms with Crippen LogP contribution in [0.15, 0.2) is 30.3 Å². The lowest BCUT2D eigenvalue weighted by atomic mass is 9.97. The van der Waals surface area contributed by atoms with E-state index in [-0.39, 0.29) is 11.5 Å². The van der Waals surface area contributed by atoms with Gasteiger partial charge in [0, 0.05) is 11.3 Å². The van der Waals surface area contributed by atoms with Crippen molar-refractivity contribution in [2.45, 2.75) is 19.8 Å². The van der Waals surface area contributed by atoms with Crippen LogP contribution in [0, 0.1) is 0 Å². The zero-order valence-corrected chi connectivity index (χ0v) is 10.8. The molecule has 0 bridgehead atoms. The quantitative estimate of drug-likeness (QED) is 0.825. The molecule has 1 aromatic carbocycles. The Morgan fingerprint density at radius 3 is 2.37 bits per heavy atom. The van der Waals surface area contributed by atoms with Crippen molar-refractivity contribution in [1.82, 2.24) is 4.98 Å². The molecule has 0 unspecified atom stereocenters. The highest BCUT2D eigenvalue weighted by atomic mass is 16.4. The Morgan fingerprint density at radius 1 is 1.26 bits per heavy atom. The van der Waals surface area contributed by atoms with E-state index in [4.69, 9.17) is 0 Å². The number of carbonyl (C=O) groups is 2. The number of hydrogen-bond donors (Lipinski definition) is 2. The van der Waals surface area contributed by atoms with Crippen molar-refractivity contribution in [3.05, 3.63) is 47.3 Å². The number of nitrogens with one attached hydrogen (secondary N) is 1. The van der Waals surface area contributed by atoms with Crippen molar-refractivity contribution < 1.29 is 14.7 Å². The van der Waals surface area contributed by atoms with Crippen molar-refractivity contribution >= 4 is 12.3 Å². The Morgan fingerprint density at radius 2 is 1.89 bits per heavy atom. The monoisotopic (exact) mass is 257 g/mol. The maximum absolute atomic E-state index is 11.5. The first-order valence-corrected chi connectivity index (χ1v) is 6.06. The van der Waals surface area contributed by atoms with E-state index in [1.54, 1.807) is 12.1 Å². The van der Waals surface area contributed by atoms with Crippen molar-refractivity contribution in [3.8, 4) is 11.1 Å². The molecule has 0 fully saturated rings. The van der Waals surface area contributed by atoms with E-state index in [0.29, 0.717) is 23.2 Å². The van der Waals surface area contributed by atoms with Gasteiger partial charge in [-0.15, -0.1) is 0 Å². The van der Waals surface area contributed by atoms with Crippen LogP contribution in [0.4, 0.5) is 0 Å². The van der Waals surface area contributed by atoms with Crippen LogP contribution in [0.3, 0.4) is 0 Å². The molecule has 1 aromatic heterocycles. The molecule has 0 saturated heterocycles. The van der Waals surface area contributed by atoms with Crippen LogP contribution >= 0.6 is 0 Å². The summed E-state index contributed by atoms with van der Waals surface area (Å²) in [5.74, 6) is -1.02. The van der Waals surface area contributed by atoms with E-state index in [9.17, 15) is 14.7 Å². The summed E-state index contributed by atoms with van der Waals surface area (Å²) in [6.45, 7) is 3.78. The number of hydrogen-bond acceptors (Lipinski definition) is 2. The van der Waals surface area contributed by atoms with Crippen LogP contribution in [-0.2, 0) is 0 Å². The first-order valence-electron chi connectivity index (χ1n) is 6.06. The molecule has 2 N–H and O–H groups in total. The third-order valence-corrected chi connectivity index (χ3v) is 3.03. The van der Waals surface area contributed by atoms with Gasteiger partial charge >= 0.3 is 5.97 Å². The molecule has 0 radical (unpaired) electrons. The van der Waals surface area contributed by atoms with Gasteiger partial charge in [-0.2, -0.15) is 0 Å². The third kappa shape index (κ3) is 2.29. The highest BCUT2D eigenvalue weighted by Gasteiger charge is 2.24. The smallest absolute Gasteiger partial charge is 0.338 e. The topological polar surface area (TPSA) is 70.2 Å². The lowest BCUT2D eigenvalue weighted by Crippen LogP contribution is -2.03. The SMILES string of the molecule is CC(C)c1[nH]c(C=O)c(-c2ccccc2)c1C(=O)O. The van der Waals surface area contributed by atoms with E-state index in [1.165, 1.54) is 0 Å². The molecule has 2 rings (SSSR count). The number of carbonyl (C=O) groups excluding carboxylic acids is 1. The van der Waals surface area contributed by atoms with Gasteiger partial charge in [0.2, 0.25) is 0 Å². The van der Waals surface area contributed by atoms with Crippen LogP contribution in [-0.4, -0.2) is 22.3 Å². The Bertz CT molecular complexity index is 612. The first-order chi connectivity index (χ1) is 9.06. The molecular formula is C15H15NO3. The molecule has 1 heterocycles. The molecule has 2 aromatic rings. The van der Waals surface area contributed by atoms with Crippen LogP contribution in [0.5, 0.6) is 0 Å². The van der Waals surface area contributed by atoms with Crippen LogP contribution in [0.2, 0.25) is 0 Å². The molecule has 0 atom stereocenters. The molecule has 0 amide bonds. The van der Waals surface area contributed by atoms with Gasteiger partial charge in [0.25, 0.3) is 0 Å². The molecular weight excluding hydrogens is 242 g/mol.